The summed E-state index contributed by atoms with van der Waals surface area (Å²) in [5.41, 5.74) is 1.17. The summed E-state index contributed by atoms with van der Waals surface area (Å²) in [5.74, 6) is -0.355. The first-order valence-corrected chi connectivity index (χ1v) is 7.31. The molecule has 1 atom stereocenters. The van der Waals surface area contributed by atoms with Crippen LogP contribution in [0.5, 0.6) is 5.75 Å². The van der Waals surface area contributed by atoms with Gasteiger partial charge in [-0.2, -0.15) is 0 Å². The fraction of sp³-hybridized carbons (Fsp3) is 0.188. The van der Waals surface area contributed by atoms with Crippen molar-refractivity contribution in [1.82, 2.24) is 0 Å². The molecule has 0 aliphatic carbocycles. The summed E-state index contributed by atoms with van der Waals surface area (Å²) in [6, 6.07) is 8.74. The Morgan fingerprint density at radius 1 is 1.18 bits per heavy atom. The van der Waals surface area contributed by atoms with E-state index in [9.17, 15) is 9.18 Å². The SMILES string of the molecule is Cc1c(Cl)ccc(OC(C)C(=O)Nc2ccc(F)cc2)c1Cl. The Morgan fingerprint density at radius 2 is 1.82 bits per heavy atom. The van der Waals surface area contributed by atoms with E-state index >= 15 is 0 Å². The topological polar surface area (TPSA) is 38.3 Å². The lowest BCUT2D eigenvalue weighted by Crippen LogP contribution is -2.30. The molecule has 1 unspecified atom stereocenters. The number of nitrogens with one attached hydrogen (secondary N) is 1. The Kier molecular flexibility index (Phi) is 5.27. The summed E-state index contributed by atoms with van der Waals surface area (Å²) in [4.78, 5) is 12.1. The fourth-order valence-corrected chi connectivity index (χ4v) is 2.16. The summed E-state index contributed by atoms with van der Waals surface area (Å²) in [6.07, 6.45) is -0.775. The highest BCUT2D eigenvalue weighted by atomic mass is 35.5. The van der Waals surface area contributed by atoms with Crippen molar-refractivity contribution in [2.24, 2.45) is 0 Å². The van der Waals surface area contributed by atoms with Gasteiger partial charge in [0.05, 0.1) is 5.02 Å². The molecule has 1 amide bonds. The Bertz CT molecular complexity index is 689. The minimum Gasteiger partial charge on any atom is -0.479 e. The fourth-order valence-electron chi connectivity index (χ4n) is 1.75. The van der Waals surface area contributed by atoms with E-state index in [-0.39, 0.29) is 11.7 Å². The monoisotopic (exact) mass is 341 g/mol. The van der Waals surface area contributed by atoms with Crippen LogP contribution in [0.3, 0.4) is 0 Å². The van der Waals surface area contributed by atoms with E-state index in [1.165, 1.54) is 24.3 Å². The zero-order chi connectivity index (χ0) is 16.3. The number of anilines is 1. The van der Waals surface area contributed by atoms with Gasteiger partial charge in [0.2, 0.25) is 0 Å². The number of carbonyl (C=O) groups excluding carboxylic acids is 1. The van der Waals surface area contributed by atoms with Crippen LogP contribution in [0, 0.1) is 12.7 Å². The molecule has 0 bridgehead atoms. The molecule has 0 spiro atoms. The molecule has 3 nitrogen and oxygen atoms in total. The summed E-state index contributed by atoms with van der Waals surface area (Å²) in [7, 11) is 0. The first-order chi connectivity index (χ1) is 10.4. The molecule has 22 heavy (non-hydrogen) atoms. The van der Waals surface area contributed by atoms with Crippen molar-refractivity contribution >= 4 is 34.8 Å². The van der Waals surface area contributed by atoms with Crippen LogP contribution in [0.2, 0.25) is 10.0 Å². The lowest BCUT2D eigenvalue weighted by Gasteiger charge is -2.16. The van der Waals surface area contributed by atoms with Crippen LogP contribution in [-0.4, -0.2) is 12.0 Å². The Balaban J connectivity index is 2.05. The van der Waals surface area contributed by atoms with Crippen molar-refractivity contribution in [2.75, 3.05) is 5.32 Å². The van der Waals surface area contributed by atoms with Crippen LogP contribution in [0.25, 0.3) is 0 Å². The number of hydrogen-bond acceptors (Lipinski definition) is 2. The lowest BCUT2D eigenvalue weighted by molar-refractivity contribution is -0.122. The van der Waals surface area contributed by atoms with Crippen molar-refractivity contribution in [3.63, 3.8) is 0 Å². The number of benzene rings is 2. The molecule has 6 heteroatoms. The molecule has 2 aromatic rings. The standard InChI is InChI=1S/C16H14Cl2FNO2/c1-9-13(17)7-8-14(15(9)18)22-10(2)16(21)20-12-5-3-11(19)4-6-12/h3-8,10H,1-2H3,(H,20,21). The predicted molar refractivity (Wildman–Crippen MR) is 86.3 cm³/mol. The second-order valence-electron chi connectivity index (χ2n) is 4.74. The summed E-state index contributed by atoms with van der Waals surface area (Å²) >= 11 is 12.1. The van der Waals surface area contributed by atoms with Crippen molar-refractivity contribution in [3.05, 3.63) is 57.8 Å². The van der Waals surface area contributed by atoms with Crippen LogP contribution in [0.15, 0.2) is 36.4 Å². The highest BCUT2D eigenvalue weighted by molar-refractivity contribution is 6.36. The zero-order valence-corrected chi connectivity index (χ0v) is 13.5. The van der Waals surface area contributed by atoms with Gasteiger partial charge >= 0.3 is 0 Å². The number of hydrogen-bond donors (Lipinski definition) is 1. The first-order valence-electron chi connectivity index (χ1n) is 6.56. The minimum absolute atomic E-state index is 0.365. The van der Waals surface area contributed by atoms with E-state index in [1.54, 1.807) is 26.0 Å². The molecule has 0 radical (unpaired) electrons. The van der Waals surface area contributed by atoms with Gasteiger partial charge in [0, 0.05) is 10.7 Å². The molecule has 1 N–H and O–H groups in total. The highest BCUT2D eigenvalue weighted by Crippen LogP contribution is 2.33. The average Bonchev–Trinajstić information content (AvgIpc) is 2.50. The third-order valence-corrected chi connectivity index (χ3v) is 3.95. The van der Waals surface area contributed by atoms with Crippen LogP contribution >= 0.6 is 23.2 Å². The number of amides is 1. The lowest BCUT2D eigenvalue weighted by atomic mass is 10.2. The quantitative estimate of drug-likeness (QED) is 0.863. The van der Waals surface area contributed by atoms with Crippen LogP contribution in [0.4, 0.5) is 10.1 Å². The van der Waals surface area contributed by atoms with Gasteiger partial charge in [-0.1, -0.05) is 23.2 Å². The van der Waals surface area contributed by atoms with E-state index in [4.69, 9.17) is 27.9 Å². The first kappa shape index (κ1) is 16.6. The van der Waals surface area contributed by atoms with Gasteiger partial charge in [-0.15, -0.1) is 0 Å². The maximum Gasteiger partial charge on any atom is 0.265 e. The average molecular weight is 342 g/mol. The van der Waals surface area contributed by atoms with E-state index < -0.39 is 6.10 Å². The van der Waals surface area contributed by atoms with Crippen molar-refractivity contribution in [2.45, 2.75) is 20.0 Å². The largest absolute Gasteiger partial charge is 0.479 e. The third kappa shape index (κ3) is 3.90. The molecule has 2 aromatic carbocycles. The summed E-state index contributed by atoms with van der Waals surface area (Å²) < 4.78 is 18.4. The number of halogens is 3. The second-order valence-corrected chi connectivity index (χ2v) is 5.53. The smallest absolute Gasteiger partial charge is 0.265 e. The van der Waals surface area contributed by atoms with Crippen LogP contribution < -0.4 is 10.1 Å². The van der Waals surface area contributed by atoms with Gasteiger partial charge in [-0.25, -0.2) is 4.39 Å². The maximum atomic E-state index is 12.8. The van der Waals surface area contributed by atoms with Gasteiger partial charge < -0.3 is 10.1 Å². The summed E-state index contributed by atoms with van der Waals surface area (Å²) in [6.45, 7) is 3.36. The van der Waals surface area contributed by atoms with Crippen LogP contribution in [0.1, 0.15) is 12.5 Å². The van der Waals surface area contributed by atoms with Crippen molar-refractivity contribution < 1.29 is 13.9 Å². The van der Waals surface area contributed by atoms with Gasteiger partial charge in [0.15, 0.2) is 6.10 Å². The number of carbonyl (C=O) groups is 1. The number of rotatable bonds is 4. The third-order valence-electron chi connectivity index (χ3n) is 3.07. The molecular weight excluding hydrogens is 328 g/mol. The molecule has 0 heterocycles. The van der Waals surface area contributed by atoms with E-state index in [0.717, 1.165) is 0 Å². The summed E-state index contributed by atoms with van der Waals surface area (Å²) in [5, 5.41) is 3.53. The molecular formula is C16H14Cl2FNO2. The minimum atomic E-state index is -0.775. The maximum absolute atomic E-state index is 12.8. The highest BCUT2D eigenvalue weighted by Gasteiger charge is 2.17. The molecule has 116 valence electrons. The molecule has 0 aromatic heterocycles. The molecule has 0 saturated heterocycles. The van der Waals surface area contributed by atoms with E-state index in [0.29, 0.717) is 27.0 Å². The van der Waals surface area contributed by atoms with Gasteiger partial charge in [0.1, 0.15) is 11.6 Å². The normalized spacial score (nSPS) is 11.9. The van der Waals surface area contributed by atoms with Gasteiger partial charge in [-0.3, -0.25) is 4.79 Å². The van der Waals surface area contributed by atoms with Crippen molar-refractivity contribution in [3.8, 4) is 5.75 Å². The van der Waals surface area contributed by atoms with Crippen LogP contribution in [-0.2, 0) is 4.79 Å². The Morgan fingerprint density at radius 3 is 2.45 bits per heavy atom. The molecule has 0 aliphatic heterocycles. The van der Waals surface area contributed by atoms with Gasteiger partial charge in [-0.05, 0) is 55.8 Å². The second kappa shape index (κ2) is 6.99. The Labute approximate surface area is 138 Å². The molecule has 0 aliphatic rings. The van der Waals surface area contributed by atoms with E-state index in [1.807, 2.05) is 0 Å². The molecule has 2 rings (SSSR count). The number of ether oxygens (including phenoxy) is 1. The molecule has 0 fully saturated rings. The zero-order valence-electron chi connectivity index (χ0n) is 12.0. The predicted octanol–water partition coefficient (Wildman–Crippen LogP) is 4.85. The van der Waals surface area contributed by atoms with Gasteiger partial charge in [0.25, 0.3) is 5.91 Å². The van der Waals surface area contributed by atoms with Crippen molar-refractivity contribution in [1.29, 1.82) is 0 Å². The van der Waals surface area contributed by atoms with E-state index in [2.05, 4.69) is 5.32 Å². The molecule has 0 saturated carbocycles. The Hall–Kier alpha value is -1.78.